The molecule has 0 atom stereocenters. The third kappa shape index (κ3) is 6600. The Kier molecular flexibility index (Phi) is 1820000. The van der Waals surface area contributed by atoms with E-state index in [4.69, 9.17) is 0 Å². The van der Waals surface area contributed by atoms with Crippen LogP contribution in [0.3, 0.4) is 0 Å². The maximum absolute atomic E-state index is 0. The van der Waals surface area contributed by atoms with E-state index in [0.717, 1.165) is 0 Å². The van der Waals surface area contributed by atoms with Crippen LogP contribution in [-0.2, 0) is 0 Å². The van der Waals surface area contributed by atoms with E-state index in [9.17, 15) is 0 Å². The molecule has 31 heteroatoms. The minimum Gasteiger partial charge on any atom is -0.344 e. The largest absolute Gasteiger partial charge is 0.344 e. The van der Waals surface area contributed by atoms with Crippen molar-refractivity contribution >= 4 is 0 Å². The molecule has 0 aliphatic carbocycles. The van der Waals surface area contributed by atoms with Crippen molar-refractivity contribution in [2.75, 3.05) is 0 Å². The Morgan fingerprint density at radius 2 is 0.0645 bits per heavy atom. The molecule has 45 N–H and O–H groups in total. The van der Waals surface area contributed by atoms with Gasteiger partial charge in [-0.3, -0.25) is 75.3 Å². The molecule has 0 aromatic heterocycles. The molecular formula is H61F16N15. The lowest BCUT2D eigenvalue weighted by atomic mass is 14.0. The van der Waals surface area contributed by atoms with Crippen LogP contribution in [0.4, 0.5) is 75.3 Å². The highest BCUT2D eigenvalue weighted by atomic mass is 19.0. The van der Waals surface area contributed by atoms with E-state index in [1.165, 1.54) is 0 Å². The smallest absolute Gasteiger partial charge is 0.269 e. The second kappa shape index (κ2) is 7110. The average Bonchev–Trinajstić information content (AvgIpc) is 0. The third-order valence-electron chi connectivity index (χ3n) is 0. The number of halogens is 16. The molecule has 0 aliphatic heterocycles. The van der Waals surface area contributed by atoms with Crippen LogP contribution in [0.15, 0.2) is 0 Å². The monoisotopic (exact) mass is 575 g/mol. The van der Waals surface area contributed by atoms with Crippen molar-refractivity contribution in [2.45, 2.75) is 0 Å². The van der Waals surface area contributed by atoms with Crippen LogP contribution in [-0.4, -0.2) is 0 Å². The van der Waals surface area contributed by atoms with Gasteiger partial charge < -0.3 is 92.3 Å². The standard InChI is InChI=1S/16FH.15H3N/h16*1H;15*1H3. The minimum atomic E-state index is 0. The predicted molar refractivity (Wildman–Crippen MR) is 115 cm³/mol. The summed E-state index contributed by atoms with van der Waals surface area (Å²) in [5, 5.41) is 0. The Balaban J connectivity index is 0. The first-order chi connectivity index (χ1) is 0. The van der Waals surface area contributed by atoms with Gasteiger partial charge in [-0.1, -0.05) is 0 Å². The molecule has 0 heterocycles. The molecule has 0 saturated heterocycles. The zero-order chi connectivity index (χ0) is 0. The molecule has 0 aliphatic rings. The molecule has 0 unspecified atom stereocenters. The summed E-state index contributed by atoms with van der Waals surface area (Å²) in [6.07, 6.45) is 0. The molecule has 0 saturated carbocycles. The van der Waals surface area contributed by atoms with Gasteiger partial charge in [0.15, 0.2) is 0 Å². The SMILES string of the molecule is F.F.F.F.F.F.F.F.F.F.F.F.F.F.F.F.N.N.N.N.N.N.N.N.N.N.N.N.N.N.N. The Morgan fingerprint density at radius 1 is 0.0645 bits per heavy atom. The van der Waals surface area contributed by atoms with Gasteiger partial charge in [0.05, 0.1) is 0 Å². The van der Waals surface area contributed by atoms with E-state index in [1.54, 1.807) is 0 Å². The molecule has 0 amide bonds. The molecular weight excluding hydrogens is 514 g/mol. The molecule has 0 aromatic rings. The van der Waals surface area contributed by atoms with E-state index >= 15 is 0 Å². The van der Waals surface area contributed by atoms with Crippen LogP contribution in [0.25, 0.3) is 0 Å². The number of hydrogen-bond acceptors (Lipinski definition) is 15. The lowest BCUT2D eigenvalue weighted by Gasteiger charge is -0.345. The summed E-state index contributed by atoms with van der Waals surface area (Å²) in [7, 11) is 0. The summed E-state index contributed by atoms with van der Waals surface area (Å²) >= 11 is 0. The maximum Gasteiger partial charge on any atom is -0.269 e. The molecule has 15 nitrogen and oxygen atoms in total. The van der Waals surface area contributed by atoms with Crippen molar-refractivity contribution in [3.8, 4) is 0 Å². The van der Waals surface area contributed by atoms with Crippen LogP contribution in [0, 0.1) is 0 Å². The zero-order valence-electron chi connectivity index (χ0n) is 17.1. The Labute approximate surface area is 169 Å². The van der Waals surface area contributed by atoms with Gasteiger partial charge in [-0.05, 0) is 0 Å². The Bertz CT molecular complexity index is 31.0. The van der Waals surface area contributed by atoms with Gasteiger partial charge in [0.1, 0.15) is 0 Å². The molecule has 0 fully saturated rings. The van der Waals surface area contributed by atoms with Crippen molar-refractivity contribution in [1.82, 2.24) is 92.3 Å². The molecule has 0 aromatic carbocycles. The van der Waals surface area contributed by atoms with Crippen LogP contribution in [0.5, 0.6) is 0 Å². The van der Waals surface area contributed by atoms with Gasteiger partial charge >= 0.3 is 0 Å². The van der Waals surface area contributed by atoms with Crippen LogP contribution in [0.2, 0.25) is 0 Å². The fraction of sp³-hybridized carbons (Fsp3) is 0. The molecule has 31 heavy (non-hydrogen) atoms. The summed E-state index contributed by atoms with van der Waals surface area (Å²) in [5.74, 6) is 0. The maximum atomic E-state index is 0. The van der Waals surface area contributed by atoms with Gasteiger partial charge in [0.25, 0.3) is 0 Å². The van der Waals surface area contributed by atoms with Gasteiger partial charge in [-0.25, -0.2) is 0 Å². The minimum absolute atomic E-state index is 0. The van der Waals surface area contributed by atoms with Crippen LogP contribution < -0.4 is 92.3 Å². The van der Waals surface area contributed by atoms with Crippen LogP contribution >= 0.6 is 0 Å². The predicted octanol–water partition coefficient (Wildman–Crippen LogP) is 4.87. The Hall–Kier alpha value is -1.72. The molecule has 0 spiro atoms. The second-order valence-corrected chi connectivity index (χ2v) is 0. The van der Waals surface area contributed by atoms with E-state index in [-0.39, 0.29) is 168 Å². The molecule has 0 bridgehead atoms. The van der Waals surface area contributed by atoms with E-state index in [2.05, 4.69) is 0 Å². The van der Waals surface area contributed by atoms with Crippen molar-refractivity contribution in [3.05, 3.63) is 0 Å². The molecule has 0 radical (unpaired) electrons. The fourth-order valence-electron chi connectivity index (χ4n) is 0. The first kappa shape index (κ1) is 7920. The van der Waals surface area contributed by atoms with Gasteiger partial charge in [-0.15, -0.1) is 0 Å². The lowest BCUT2D eigenvalue weighted by molar-refractivity contribution is 1.11. The summed E-state index contributed by atoms with van der Waals surface area (Å²) < 4.78 is 0. The third-order valence-corrected chi connectivity index (χ3v) is 0. The highest BCUT2D eigenvalue weighted by Crippen LogP contribution is 0.435. The zero-order valence-corrected chi connectivity index (χ0v) is 17.1. The van der Waals surface area contributed by atoms with Crippen molar-refractivity contribution in [3.63, 3.8) is 0 Å². The van der Waals surface area contributed by atoms with E-state index < -0.39 is 0 Å². The average molecular weight is 576 g/mol. The Morgan fingerprint density at radius 3 is 0.0645 bits per heavy atom. The molecule has 0 rings (SSSR count). The summed E-state index contributed by atoms with van der Waals surface area (Å²) in [5.41, 5.74) is 0. The lowest BCUT2D eigenvalue weighted by Crippen LogP contribution is -0.482. The van der Waals surface area contributed by atoms with Gasteiger partial charge in [0, 0.05) is 0 Å². The topological polar surface area (TPSA) is 525 Å². The number of hydrogen-bond donors (Lipinski definition) is 15. The highest BCUT2D eigenvalue weighted by Gasteiger charge is -0.251. The van der Waals surface area contributed by atoms with Crippen molar-refractivity contribution < 1.29 is 75.3 Å². The van der Waals surface area contributed by atoms with Crippen molar-refractivity contribution in [1.29, 1.82) is 0 Å². The van der Waals surface area contributed by atoms with E-state index in [1.807, 2.05) is 0 Å². The second-order valence-electron chi connectivity index (χ2n) is 0. The first-order valence-electron chi connectivity index (χ1n) is 0. The van der Waals surface area contributed by atoms with Crippen molar-refractivity contribution in [2.24, 2.45) is 0 Å². The summed E-state index contributed by atoms with van der Waals surface area (Å²) in [4.78, 5) is 0. The first-order valence-corrected chi connectivity index (χ1v) is 0. The normalized spacial score (nSPS) is 0. The van der Waals surface area contributed by atoms with Gasteiger partial charge in [-0.2, -0.15) is 0 Å². The highest BCUT2D eigenvalue weighted by molar-refractivity contribution is 2.15. The quantitative estimate of drug-likeness (QED) is 0.171. The van der Waals surface area contributed by atoms with E-state index in [0.29, 0.717) is 0 Å². The number of rotatable bonds is 0. The fourth-order valence-corrected chi connectivity index (χ4v) is 0. The van der Waals surface area contributed by atoms with Gasteiger partial charge in [0.2, 0.25) is 0 Å². The molecule has 248 valence electrons. The van der Waals surface area contributed by atoms with Crippen LogP contribution in [0.1, 0.15) is 0 Å². The summed E-state index contributed by atoms with van der Waals surface area (Å²) in [6.45, 7) is 0. The summed E-state index contributed by atoms with van der Waals surface area (Å²) in [6, 6.07) is 0.